The van der Waals surface area contributed by atoms with Crippen molar-refractivity contribution in [1.82, 2.24) is 5.32 Å². The zero-order valence-corrected chi connectivity index (χ0v) is 12.3. The lowest BCUT2D eigenvalue weighted by Gasteiger charge is -2.22. The van der Waals surface area contributed by atoms with Gasteiger partial charge in [0.05, 0.1) is 6.61 Å². The summed E-state index contributed by atoms with van der Waals surface area (Å²) < 4.78 is 0. The zero-order chi connectivity index (χ0) is 13.7. The van der Waals surface area contributed by atoms with Crippen molar-refractivity contribution in [2.24, 2.45) is 0 Å². The van der Waals surface area contributed by atoms with Gasteiger partial charge in [-0.15, -0.1) is 11.3 Å². The Morgan fingerprint density at radius 2 is 1.95 bits per heavy atom. The van der Waals surface area contributed by atoms with Crippen molar-refractivity contribution in [2.45, 2.75) is 32.4 Å². The normalized spacial score (nSPS) is 14.3. The molecule has 0 aliphatic heterocycles. The van der Waals surface area contributed by atoms with Crippen LogP contribution < -0.4 is 5.32 Å². The standard InChI is InChI=1S/C16H21NOS/c1-12-8-9-19-16(12)15(17-13(2)11-18)10-14-6-4-3-5-7-14/h3-9,13,15,17-18H,10-11H2,1-2H3/t13-,15?/m1/s1. The number of hydrogen-bond donors (Lipinski definition) is 2. The maximum absolute atomic E-state index is 9.26. The summed E-state index contributed by atoms with van der Waals surface area (Å²) in [6.07, 6.45) is 0.951. The number of aryl methyl sites for hydroxylation is 1. The van der Waals surface area contributed by atoms with Gasteiger partial charge >= 0.3 is 0 Å². The lowest BCUT2D eigenvalue weighted by atomic mass is 10.0. The van der Waals surface area contributed by atoms with E-state index < -0.39 is 0 Å². The quantitative estimate of drug-likeness (QED) is 0.847. The highest BCUT2D eigenvalue weighted by molar-refractivity contribution is 7.10. The van der Waals surface area contributed by atoms with Gasteiger partial charge < -0.3 is 10.4 Å². The summed E-state index contributed by atoms with van der Waals surface area (Å²) in [5, 5.41) is 14.9. The molecule has 0 aliphatic rings. The van der Waals surface area contributed by atoms with Crippen molar-refractivity contribution >= 4 is 11.3 Å². The van der Waals surface area contributed by atoms with Gasteiger partial charge in [-0.25, -0.2) is 0 Å². The Kier molecular flexibility index (Phi) is 5.14. The second kappa shape index (κ2) is 6.85. The van der Waals surface area contributed by atoms with Crippen molar-refractivity contribution in [3.05, 3.63) is 57.8 Å². The van der Waals surface area contributed by atoms with Crippen LogP contribution in [0.1, 0.15) is 29.0 Å². The molecule has 2 N–H and O–H groups in total. The maximum Gasteiger partial charge on any atom is 0.0582 e. The van der Waals surface area contributed by atoms with E-state index in [0.717, 1.165) is 6.42 Å². The summed E-state index contributed by atoms with van der Waals surface area (Å²) in [4.78, 5) is 1.36. The van der Waals surface area contributed by atoms with Gasteiger partial charge in [-0.3, -0.25) is 0 Å². The zero-order valence-electron chi connectivity index (χ0n) is 11.5. The minimum atomic E-state index is 0.107. The van der Waals surface area contributed by atoms with Crippen LogP contribution in [0.2, 0.25) is 0 Å². The topological polar surface area (TPSA) is 32.3 Å². The van der Waals surface area contributed by atoms with Gasteiger partial charge in [-0.05, 0) is 42.8 Å². The van der Waals surface area contributed by atoms with E-state index in [4.69, 9.17) is 0 Å². The first-order valence-electron chi connectivity index (χ1n) is 6.65. The molecule has 19 heavy (non-hydrogen) atoms. The van der Waals surface area contributed by atoms with Gasteiger partial charge in [-0.2, -0.15) is 0 Å². The van der Waals surface area contributed by atoms with Crippen LogP contribution in [0.15, 0.2) is 41.8 Å². The summed E-state index contributed by atoms with van der Waals surface area (Å²) in [5.74, 6) is 0. The fourth-order valence-electron chi connectivity index (χ4n) is 2.21. The highest BCUT2D eigenvalue weighted by atomic mass is 32.1. The Hall–Kier alpha value is -1.16. The molecule has 0 fully saturated rings. The Morgan fingerprint density at radius 1 is 1.21 bits per heavy atom. The molecule has 3 heteroatoms. The van der Waals surface area contributed by atoms with Gasteiger partial charge in [0.15, 0.2) is 0 Å². The molecule has 0 spiro atoms. The van der Waals surface area contributed by atoms with Gasteiger partial charge in [0.25, 0.3) is 0 Å². The fourth-order valence-corrected chi connectivity index (χ4v) is 3.20. The van der Waals surface area contributed by atoms with Crippen LogP contribution in [-0.2, 0) is 6.42 Å². The average Bonchev–Trinajstić information content (AvgIpc) is 2.85. The Balaban J connectivity index is 2.17. The third-order valence-electron chi connectivity index (χ3n) is 3.26. The lowest BCUT2D eigenvalue weighted by molar-refractivity contribution is 0.241. The molecular weight excluding hydrogens is 254 g/mol. The van der Waals surface area contributed by atoms with E-state index >= 15 is 0 Å². The molecule has 2 rings (SSSR count). The third kappa shape index (κ3) is 3.90. The van der Waals surface area contributed by atoms with Gasteiger partial charge in [0.2, 0.25) is 0 Å². The van der Waals surface area contributed by atoms with E-state index in [2.05, 4.69) is 48.0 Å². The number of hydrogen-bond acceptors (Lipinski definition) is 3. The number of aliphatic hydroxyl groups is 1. The van der Waals surface area contributed by atoms with Gasteiger partial charge in [-0.1, -0.05) is 30.3 Å². The molecule has 2 nitrogen and oxygen atoms in total. The predicted molar refractivity (Wildman–Crippen MR) is 81.6 cm³/mol. The maximum atomic E-state index is 9.26. The molecule has 0 saturated heterocycles. The van der Waals surface area contributed by atoms with Crippen LogP contribution in [-0.4, -0.2) is 17.8 Å². The molecule has 1 aromatic carbocycles. The summed E-state index contributed by atoms with van der Waals surface area (Å²) >= 11 is 1.79. The van der Waals surface area contributed by atoms with Crippen LogP contribution in [0.3, 0.4) is 0 Å². The molecule has 0 aliphatic carbocycles. The largest absolute Gasteiger partial charge is 0.395 e. The summed E-state index contributed by atoms with van der Waals surface area (Å²) in [6.45, 7) is 4.33. The molecular formula is C16H21NOS. The van der Waals surface area contributed by atoms with Gasteiger partial charge in [0.1, 0.15) is 0 Å². The first-order valence-corrected chi connectivity index (χ1v) is 7.53. The third-order valence-corrected chi connectivity index (χ3v) is 4.39. The molecule has 0 bridgehead atoms. The van der Waals surface area contributed by atoms with Crippen molar-refractivity contribution in [1.29, 1.82) is 0 Å². The molecule has 2 atom stereocenters. The van der Waals surface area contributed by atoms with E-state index in [-0.39, 0.29) is 18.7 Å². The molecule has 0 radical (unpaired) electrons. The number of nitrogens with one attached hydrogen (secondary N) is 1. The number of thiophene rings is 1. The number of benzene rings is 1. The van der Waals surface area contributed by atoms with Crippen LogP contribution in [0.25, 0.3) is 0 Å². The van der Waals surface area contributed by atoms with Crippen molar-refractivity contribution in [2.75, 3.05) is 6.61 Å². The predicted octanol–water partition coefficient (Wildman–Crippen LogP) is 3.31. The molecule has 0 amide bonds. The molecule has 102 valence electrons. The SMILES string of the molecule is Cc1ccsc1C(Cc1ccccc1)N[C@H](C)CO. The molecule has 2 aromatic rings. The van der Waals surface area contributed by atoms with Gasteiger partial charge in [0, 0.05) is 17.0 Å². The van der Waals surface area contributed by atoms with Crippen molar-refractivity contribution in [3.8, 4) is 0 Å². The molecule has 0 saturated carbocycles. The first-order chi connectivity index (χ1) is 9.20. The average molecular weight is 275 g/mol. The number of aliphatic hydroxyl groups excluding tert-OH is 1. The van der Waals surface area contributed by atoms with Crippen LogP contribution in [0.5, 0.6) is 0 Å². The van der Waals surface area contributed by atoms with Crippen LogP contribution >= 0.6 is 11.3 Å². The smallest absolute Gasteiger partial charge is 0.0582 e. The van der Waals surface area contributed by atoms with Crippen LogP contribution in [0, 0.1) is 6.92 Å². The Morgan fingerprint density at radius 3 is 2.53 bits per heavy atom. The van der Waals surface area contributed by atoms with E-state index in [9.17, 15) is 5.11 Å². The van der Waals surface area contributed by atoms with Crippen molar-refractivity contribution < 1.29 is 5.11 Å². The highest BCUT2D eigenvalue weighted by Gasteiger charge is 2.17. The van der Waals surface area contributed by atoms with E-state index in [1.165, 1.54) is 16.0 Å². The van der Waals surface area contributed by atoms with E-state index in [0.29, 0.717) is 0 Å². The monoisotopic (exact) mass is 275 g/mol. The Bertz CT molecular complexity index is 494. The van der Waals surface area contributed by atoms with E-state index in [1.54, 1.807) is 11.3 Å². The summed E-state index contributed by atoms with van der Waals surface area (Å²) in [7, 11) is 0. The van der Waals surface area contributed by atoms with E-state index in [1.807, 2.05) is 13.0 Å². The second-order valence-corrected chi connectivity index (χ2v) is 5.91. The first kappa shape index (κ1) is 14.3. The second-order valence-electron chi connectivity index (χ2n) is 4.96. The minimum Gasteiger partial charge on any atom is -0.395 e. The fraction of sp³-hybridized carbons (Fsp3) is 0.375. The summed E-state index contributed by atoms with van der Waals surface area (Å²) in [6, 6.07) is 13.0. The number of rotatable bonds is 6. The molecule has 1 heterocycles. The molecule has 1 aromatic heterocycles. The Labute approximate surface area is 119 Å². The van der Waals surface area contributed by atoms with Crippen LogP contribution in [0.4, 0.5) is 0 Å². The summed E-state index contributed by atoms with van der Waals surface area (Å²) in [5.41, 5.74) is 2.64. The highest BCUT2D eigenvalue weighted by Crippen LogP contribution is 2.27. The van der Waals surface area contributed by atoms with Crippen molar-refractivity contribution in [3.63, 3.8) is 0 Å². The lowest BCUT2D eigenvalue weighted by Crippen LogP contribution is -2.34. The molecule has 1 unspecified atom stereocenters. The minimum absolute atomic E-state index is 0.107.